The summed E-state index contributed by atoms with van der Waals surface area (Å²) in [4.78, 5) is 0.258. The SMILES string of the molecule is Cc1ccc(S(=O)(=O)n2nc(C)c(Br)c2C)cc1C. The maximum Gasteiger partial charge on any atom is 0.283 e. The number of halogens is 1. The highest BCUT2D eigenvalue weighted by molar-refractivity contribution is 9.10. The van der Waals surface area contributed by atoms with Crippen LogP contribution in [0.15, 0.2) is 27.6 Å². The summed E-state index contributed by atoms with van der Waals surface area (Å²) >= 11 is 3.34. The van der Waals surface area contributed by atoms with Crippen LogP contribution in [-0.4, -0.2) is 17.6 Å². The second kappa shape index (κ2) is 4.76. The molecule has 0 amide bonds. The van der Waals surface area contributed by atoms with E-state index in [9.17, 15) is 8.42 Å². The zero-order valence-corrected chi connectivity index (χ0v) is 13.6. The lowest BCUT2D eigenvalue weighted by Crippen LogP contribution is -2.16. The molecule has 0 aliphatic rings. The van der Waals surface area contributed by atoms with Gasteiger partial charge < -0.3 is 0 Å². The van der Waals surface area contributed by atoms with E-state index in [-0.39, 0.29) is 4.90 Å². The first kappa shape index (κ1) is 14.3. The Hall–Kier alpha value is -1.14. The normalized spacial score (nSPS) is 11.8. The van der Waals surface area contributed by atoms with Gasteiger partial charge in [-0.2, -0.15) is 17.6 Å². The number of hydrogen-bond donors (Lipinski definition) is 0. The van der Waals surface area contributed by atoms with Gasteiger partial charge in [0.1, 0.15) is 0 Å². The number of nitrogens with zero attached hydrogens (tertiary/aromatic N) is 2. The van der Waals surface area contributed by atoms with Crippen molar-refractivity contribution in [1.82, 2.24) is 9.19 Å². The molecule has 0 aliphatic heterocycles. The Balaban J connectivity index is 2.65. The lowest BCUT2D eigenvalue weighted by atomic mass is 10.1. The van der Waals surface area contributed by atoms with Gasteiger partial charge in [-0.3, -0.25) is 0 Å². The molecule has 0 spiro atoms. The Morgan fingerprint density at radius 1 is 1.11 bits per heavy atom. The highest BCUT2D eigenvalue weighted by atomic mass is 79.9. The molecule has 2 rings (SSSR count). The molecule has 19 heavy (non-hydrogen) atoms. The van der Waals surface area contributed by atoms with Gasteiger partial charge in [0.2, 0.25) is 0 Å². The van der Waals surface area contributed by atoms with Crippen molar-refractivity contribution in [2.45, 2.75) is 32.6 Å². The lowest BCUT2D eigenvalue weighted by Gasteiger charge is -2.08. The molecule has 4 nitrogen and oxygen atoms in total. The zero-order valence-electron chi connectivity index (χ0n) is 11.2. The highest BCUT2D eigenvalue weighted by Gasteiger charge is 2.23. The lowest BCUT2D eigenvalue weighted by molar-refractivity contribution is 0.577. The highest BCUT2D eigenvalue weighted by Crippen LogP contribution is 2.24. The average Bonchev–Trinajstić information content (AvgIpc) is 2.61. The molecule has 1 aromatic carbocycles. The minimum atomic E-state index is -3.64. The molecule has 0 unspecified atom stereocenters. The number of hydrogen-bond acceptors (Lipinski definition) is 3. The molecule has 0 atom stereocenters. The molecule has 0 fully saturated rings. The second-order valence-electron chi connectivity index (χ2n) is 4.58. The van der Waals surface area contributed by atoms with Crippen LogP contribution in [0.4, 0.5) is 0 Å². The third-order valence-electron chi connectivity index (χ3n) is 3.17. The van der Waals surface area contributed by atoms with E-state index in [1.54, 1.807) is 26.0 Å². The van der Waals surface area contributed by atoms with E-state index in [4.69, 9.17) is 0 Å². The van der Waals surface area contributed by atoms with Gasteiger partial charge in [0.05, 0.1) is 20.8 Å². The van der Waals surface area contributed by atoms with Crippen molar-refractivity contribution in [3.63, 3.8) is 0 Å². The zero-order chi connectivity index (χ0) is 14.4. The fourth-order valence-electron chi connectivity index (χ4n) is 1.81. The van der Waals surface area contributed by atoms with Crippen LogP contribution in [0.1, 0.15) is 22.5 Å². The fourth-order valence-corrected chi connectivity index (χ4v) is 3.62. The maximum absolute atomic E-state index is 12.6. The first-order valence-electron chi connectivity index (χ1n) is 5.79. The average molecular weight is 343 g/mol. The van der Waals surface area contributed by atoms with E-state index in [1.807, 2.05) is 19.9 Å². The van der Waals surface area contributed by atoms with E-state index in [0.717, 1.165) is 19.7 Å². The molecule has 102 valence electrons. The third kappa shape index (κ3) is 2.34. The molecule has 1 heterocycles. The van der Waals surface area contributed by atoms with Crippen LogP contribution in [0.3, 0.4) is 0 Å². The summed E-state index contributed by atoms with van der Waals surface area (Å²) in [6.07, 6.45) is 0. The van der Waals surface area contributed by atoms with Crippen LogP contribution in [0, 0.1) is 27.7 Å². The molecule has 1 aromatic heterocycles. The molecule has 2 aromatic rings. The molecular weight excluding hydrogens is 328 g/mol. The number of aryl methyl sites for hydroxylation is 3. The van der Waals surface area contributed by atoms with Gasteiger partial charge >= 0.3 is 0 Å². The quantitative estimate of drug-likeness (QED) is 0.842. The standard InChI is InChI=1S/C13H15BrN2O2S/c1-8-5-6-12(7-9(8)2)19(17,18)16-11(4)13(14)10(3)15-16/h5-7H,1-4H3. The monoisotopic (exact) mass is 342 g/mol. The Labute approximate surface area is 121 Å². The number of aromatic nitrogens is 2. The van der Waals surface area contributed by atoms with Crippen LogP contribution >= 0.6 is 15.9 Å². The molecule has 0 saturated heterocycles. The molecule has 0 saturated carbocycles. The van der Waals surface area contributed by atoms with Gasteiger partial charge in [0.15, 0.2) is 0 Å². The summed E-state index contributed by atoms with van der Waals surface area (Å²) in [5.41, 5.74) is 3.25. The third-order valence-corrected chi connectivity index (χ3v) is 5.98. The largest absolute Gasteiger partial charge is 0.283 e. The summed E-state index contributed by atoms with van der Waals surface area (Å²) < 4.78 is 26.9. The number of rotatable bonds is 2. The minimum Gasteiger partial charge on any atom is -0.199 e. The molecule has 0 bridgehead atoms. The predicted molar refractivity (Wildman–Crippen MR) is 77.9 cm³/mol. The van der Waals surface area contributed by atoms with E-state index in [1.165, 1.54) is 0 Å². The Kier molecular flexibility index (Phi) is 3.57. The summed E-state index contributed by atoms with van der Waals surface area (Å²) in [5, 5.41) is 4.09. The predicted octanol–water partition coefficient (Wildman–Crippen LogP) is 3.12. The van der Waals surface area contributed by atoms with E-state index >= 15 is 0 Å². The van der Waals surface area contributed by atoms with Crippen molar-refractivity contribution in [2.75, 3.05) is 0 Å². The fraction of sp³-hybridized carbons (Fsp3) is 0.308. The van der Waals surface area contributed by atoms with Crippen molar-refractivity contribution >= 4 is 26.0 Å². The van der Waals surface area contributed by atoms with Gasteiger partial charge in [-0.05, 0) is 66.9 Å². The van der Waals surface area contributed by atoms with Gasteiger partial charge in [-0.1, -0.05) is 6.07 Å². The van der Waals surface area contributed by atoms with Crippen molar-refractivity contribution < 1.29 is 8.42 Å². The second-order valence-corrected chi connectivity index (χ2v) is 7.14. The van der Waals surface area contributed by atoms with Gasteiger partial charge in [-0.15, -0.1) is 0 Å². The van der Waals surface area contributed by atoms with E-state index < -0.39 is 10.0 Å². The molecule has 0 aliphatic carbocycles. The minimum absolute atomic E-state index is 0.258. The Morgan fingerprint density at radius 3 is 2.21 bits per heavy atom. The summed E-state index contributed by atoms with van der Waals surface area (Å²) in [5.74, 6) is 0. The molecule has 0 N–H and O–H groups in total. The van der Waals surface area contributed by atoms with Crippen LogP contribution in [0.5, 0.6) is 0 Å². The molecule has 6 heteroatoms. The van der Waals surface area contributed by atoms with E-state index in [2.05, 4.69) is 21.0 Å². The van der Waals surface area contributed by atoms with Gasteiger partial charge in [0.25, 0.3) is 10.0 Å². The van der Waals surface area contributed by atoms with Crippen molar-refractivity contribution in [3.8, 4) is 0 Å². The van der Waals surface area contributed by atoms with Gasteiger partial charge in [-0.25, -0.2) is 0 Å². The van der Waals surface area contributed by atoms with Crippen LogP contribution in [-0.2, 0) is 10.0 Å². The van der Waals surface area contributed by atoms with Crippen molar-refractivity contribution in [2.24, 2.45) is 0 Å². The van der Waals surface area contributed by atoms with Gasteiger partial charge in [0, 0.05) is 0 Å². The first-order chi connectivity index (χ1) is 8.75. The van der Waals surface area contributed by atoms with Crippen LogP contribution in [0.25, 0.3) is 0 Å². The summed E-state index contributed by atoms with van der Waals surface area (Å²) in [7, 11) is -3.64. The van der Waals surface area contributed by atoms with Crippen molar-refractivity contribution in [1.29, 1.82) is 0 Å². The van der Waals surface area contributed by atoms with Crippen LogP contribution < -0.4 is 0 Å². The Bertz CT molecular complexity index is 748. The summed E-state index contributed by atoms with van der Waals surface area (Å²) in [6.45, 7) is 7.34. The van der Waals surface area contributed by atoms with Crippen molar-refractivity contribution in [3.05, 3.63) is 45.2 Å². The van der Waals surface area contributed by atoms with E-state index in [0.29, 0.717) is 11.4 Å². The maximum atomic E-state index is 12.6. The molecule has 0 radical (unpaired) electrons. The first-order valence-corrected chi connectivity index (χ1v) is 8.03. The molecular formula is C13H15BrN2O2S. The Morgan fingerprint density at radius 2 is 1.74 bits per heavy atom. The summed E-state index contributed by atoms with van der Waals surface area (Å²) in [6, 6.07) is 5.10. The van der Waals surface area contributed by atoms with Crippen LogP contribution in [0.2, 0.25) is 0 Å². The topological polar surface area (TPSA) is 52.0 Å². The number of benzene rings is 1. The smallest absolute Gasteiger partial charge is 0.199 e.